The van der Waals surface area contributed by atoms with E-state index in [0.717, 1.165) is 31.4 Å². The van der Waals surface area contributed by atoms with Crippen LogP contribution in [0.3, 0.4) is 0 Å². The fourth-order valence-corrected chi connectivity index (χ4v) is 5.83. The van der Waals surface area contributed by atoms with Crippen molar-refractivity contribution in [2.45, 2.75) is 31.6 Å². The highest BCUT2D eigenvalue weighted by Crippen LogP contribution is 2.41. The highest BCUT2D eigenvalue weighted by atomic mass is 19.1. The van der Waals surface area contributed by atoms with Gasteiger partial charge in [0.1, 0.15) is 29.0 Å². The van der Waals surface area contributed by atoms with E-state index >= 15 is 4.39 Å². The van der Waals surface area contributed by atoms with Crippen molar-refractivity contribution in [1.82, 2.24) is 19.2 Å². The van der Waals surface area contributed by atoms with E-state index in [4.69, 9.17) is 11.5 Å². The summed E-state index contributed by atoms with van der Waals surface area (Å²) in [6.45, 7) is 0. The normalized spacial score (nSPS) is 16.8. The summed E-state index contributed by atoms with van der Waals surface area (Å²) >= 11 is 0. The van der Waals surface area contributed by atoms with Crippen molar-refractivity contribution in [3.8, 4) is 34.0 Å². The Kier molecular flexibility index (Phi) is 6.74. The first-order chi connectivity index (χ1) is 20.3. The second-order valence-corrected chi connectivity index (χ2v) is 10.4. The van der Waals surface area contributed by atoms with Crippen LogP contribution in [-0.4, -0.2) is 25.1 Å². The molecule has 1 amide bonds. The number of nitrogens with two attached hydrogens (primary N) is 2. The minimum atomic E-state index is -0.977. The van der Waals surface area contributed by atoms with Crippen molar-refractivity contribution in [3.05, 3.63) is 100 Å². The Balaban J connectivity index is 1.43. The molecule has 0 unspecified atom stereocenters. The quantitative estimate of drug-likeness (QED) is 0.308. The van der Waals surface area contributed by atoms with E-state index in [1.54, 1.807) is 16.6 Å². The molecule has 0 saturated heterocycles. The summed E-state index contributed by atoms with van der Waals surface area (Å²) in [6, 6.07) is 15.3. The van der Waals surface area contributed by atoms with Crippen LogP contribution in [-0.2, 0) is 0 Å². The Labute approximate surface area is 238 Å². The third-order valence-electron chi connectivity index (χ3n) is 7.95. The number of carbonyl (C=O) groups excluding carboxylic acids is 1. The molecule has 1 aliphatic rings. The molecule has 1 fully saturated rings. The van der Waals surface area contributed by atoms with Crippen molar-refractivity contribution >= 4 is 17.2 Å². The van der Waals surface area contributed by atoms with Crippen LogP contribution in [0.15, 0.2) is 71.9 Å². The van der Waals surface area contributed by atoms with Gasteiger partial charge in [0.05, 0.1) is 6.07 Å². The summed E-state index contributed by atoms with van der Waals surface area (Å²) in [5.41, 5.74) is 13.7. The number of nitriles is 1. The molecule has 210 valence electrons. The van der Waals surface area contributed by atoms with Crippen molar-refractivity contribution in [2.75, 3.05) is 5.73 Å². The van der Waals surface area contributed by atoms with Gasteiger partial charge >= 0.3 is 0 Å². The molecule has 4 N–H and O–H groups in total. The van der Waals surface area contributed by atoms with E-state index in [1.807, 2.05) is 6.07 Å². The Morgan fingerprint density at radius 2 is 1.71 bits per heavy atom. The number of halogens is 2. The summed E-state index contributed by atoms with van der Waals surface area (Å²) in [7, 11) is 0. The number of hydrogen-bond acceptors (Lipinski definition) is 6. The maximum atomic E-state index is 15.9. The van der Waals surface area contributed by atoms with Gasteiger partial charge in [0.15, 0.2) is 5.82 Å². The summed E-state index contributed by atoms with van der Waals surface area (Å²) < 4.78 is 32.2. The first-order valence-electron chi connectivity index (χ1n) is 13.4. The SMILES string of the molecule is N#CC1CCC(c2cc(-c3ccc(-c4ccn(-c5ccc(F)cc5)c(=O)c4C(N)=O)cc3F)c3c(N)ncnn23)CC1. The lowest BCUT2D eigenvalue weighted by Crippen LogP contribution is -2.29. The van der Waals surface area contributed by atoms with Crippen LogP contribution >= 0.6 is 0 Å². The van der Waals surface area contributed by atoms with Gasteiger partial charge in [-0.3, -0.25) is 14.2 Å². The highest BCUT2D eigenvalue weighted by molar-refractivity contribution is 6.00. The predicted octanol–water partition coefficient (Wildman–Crippen LogP) is 4.97. The third kappa shape index (κ3) is 4.56. The smallest absolute Gasteiger partial charge is 0.268 e. The van der Waals surface area contributed by atoms with Gasteiger partial charge < -0.3 is 11.5 Å². The summed E-state index contributed by atoms with van der Waals surface area (Å²) in [4.78, 5) is 29.8. The van der Waals surface area contributed by atoms with Gasteiger partial charge in [0, 0.05) is 46.1 Å². The molecule has 0 atom stereocenters. The molecule has 3 heterocycles. The van der Waals surface area contributed by atoms with Gasteiger partial charge in [-0.1, -0.05) is 12.1 Å². The van der Waals surface area contributed by atoms with Gasteiger partial charge in [0.2, 0.25) is 0 Å². The summed E-state index contributed by atoms with van der Waals surface area (Å²) in [5.74, 6) is -1.72. The molecule has 2 aromatic carbocycles. The maximum absolute atomic E-state index is 15.9. The minimum absolute atomic E-state index is 0.0275. The number of hydrogen-bond donors (Lipinski definition) is 2. The van der Waals surface area contributed by atoms with Crippen molar-refractivity contribution < 1.29 is 13.6 Å². The molecule has 1 saturated carbocycles. The second-order valence-electron chi connectivity index (χ2n) is 10.4. The fraction of sp³-hybridized carbons (Fsp3) is 0.194. The van der Waals surface area contributed by atoms with E-state index in [0.29, 0.717) is 16.8 Å². The van der Waals surface area contributed by atoms with E-state index in [1.165, 1.54) is 53.5 Å². The van der Waals surface area contributed by atoms with Crippen LogP contribution in [0.5, 0.6) is 0 Å². The van der Waals surface area contributed by atoms with Gasteiger partial charge in [-0.25, -0.2) is 18.3 Å². The Hall–Kier alpha value is -5.37. The first-order valence-corrected chi connectivity index (χ1v) is 13.4. The van der Waals surface area contributed by atoms with Gasteiger partial charge in [0.25, 0.3) is 11.5 Å². The lowest BCUT2D eigenvalue weighted by Gasteiger charge is -2.24. The average Bonchev–Trinajstić information content (AvgIpc) is 3.38. The summed E-state index contributed by atoms with van der Waals surface area (Å²) in [5, 5.41) is 13.7. The molecule has 9 nitrogen and oxygen atoms in total. The number of carbonyl (C=O) groups is 1. The largest absolute Gasteiger partial charge is 0.382 e. The van der Waals surface area contributed by atoms with Crippen LogP contribution in [0, 0.1) is 28.9 Å². The zero-order valence-corrected chi connectivity index (χ0v) is 22.3. The highest BCUT2D eigenvalue weighted by Gasteiger charge is 2.28. The zero-order chi connectivity index (χ0) is 29.5. The fourth-order valence-electron chi connectivity index (χ4n) is 5.83. The summed E-state index contributed by atoms with van der Waals surface area (Å²) in [6.07, 6.45) is 5.93. The maximum Gasteiger partial charge on any atom is 0.268 e. The molecular weight excluding hydrogens is 540 g/mol. The molecule has 42 heavy (non-hydrogen) atoms. The van der Waals surface area contributed by atoms with E-state index in [9.17, 15) is 19.2 Å². The first kappa shape index (κ1) is 26.8. The molecule has 6 rings (SSSR count). The lowest BCUT2D eigenvalue weighted by atomic mass is 9.81. The molecule has 1 aliphatic carbocycles. The molecule has 5 aromatic rings. The van der Waals surface area contributed by atoms with Crippen molar-refractivity contribution in [2.24, 2.45) is 11.7 Å². The molecule has 3 aromatic heterocycles. The zero-order valence-electron chi connectivity index (χ0n) is 22.3. The van der Waals surface area contributed by atoms with Crippen molar-refractivity contribution in [3.63, 3.8) is 0 Å². The van der Waals surface area contributed by atoms with Crippen LogP contribution in [0.1, 0.15) is 47.7 Å². The number of aromatic nitrogens is 4. The number of benzene rings is 2. The third-order valence-corrected chi connectivity index (χ3v) is 7.95. The molecule has 0 radical (unpaired) electrons. The second kappa shape index (κ2) is 10.6. The van der Waals surface area contributed by atoms with Crippen molar-refractivity contribution in [1.29, 1.82) is 5.26 Å². The Morgan fingerprint density at radius 1 is 0.976 bits per heavy atom. The lowest BCUT2D eigenvalue weighted by molar-refractivity contribution is 0.0999. The molecule has 0 bridgehead atoms. The van der Waals surface area contributed by atoms with Gasteiger partial charge in [-0.05, 0) is 73.7 Å². The topological polar surface area (TPSA) is 145 Å². The number of pyridine rings is 1. The number of fused-ring (bicyclic) bond motifs is 1. The standard InChI is InChI=1S/C31H25F2N7O2/c32-20-6-8-21(9-7-20)39-12-11-22(27(30(36)41)31(39)42)19-5-10-23(25(33)13-19)24-14-26(18-3-1-17(15-34)2-4-18)40-28(24)29(35)37-16-38-40/h5-14,16-18H,1-4H2,(H2,36,41)(H2,35,37,38). The number of anilines is 1. The Bertz CT molecular complexity index is 1950. The molecule has 11 heteroatoms. The monoisotopic (exact) mass is 565 g/mol. The number of amides is 1. The van der Waals surface area contributed by atoms with Crippen LogP contribution in [0.2, 0.25) is 0 Å². The van der Waals surface area contributed by atoms with E-state index in [2.05, 4.69) is 16.2 Å². The molecular formula is C31H25F2N7O2. The number of nitrogens with zero attached hydrogens (tertiary/aromatic N) is 5. The van der Waals surface area contributed by atoms with Crippen LogP contribution in [0.4, 0.5) is 14.6 Å². The van der Waals surface area contributed by atoms with Gasteiger partial charge in [-0.2, -0.15) is 10.4 Å². The van der Waals surface area contributed by atoms with Gasteiger partial charge in [-0.15, -0.1) is 0 Å². The molecule has 0 aliphatic heterocycles. The predicted molar refractivity (Wildman–Crippen MR) is 153 cm³/mol. The van der Waals surface area contributed by atoms with E-state index in [-0.39, 0.29) is 39.9 Å². The minimum Gasteiger partial charge on any atom is -0.382 e. The van der Waals surface area contributed by atoms with Crippen LogP contribution in [0.25, 0.3) is 33.5 Å². The Morgan fingerprint density at radius 3 is 2.38 bits per heavy atom. The average molecular weight is 566 g/mol. The number of primary amides is 1. The number of nitrogen functional groups attached to an aromatic ring is 1. The van der Waals surface area contributed by atoms with Crippen LogP contribution < -0.4 is 17.0 Å². The molecule has 0 spiro atoms. The van der Waals surface area contributed by atoms with E-state index < -0.39 is 23.1 Å². The number of rotatable bonds is 5.